The maximum Gasteiger partial charge on any atom is 0.243 e. The van der Waals surface area contributed by atoms with Gasteiger partial charge in [-0.1, -0.05) is 30.3 Å². The normalized spacial score (nSPS) is 20.0. The number of carbonyl (C=O) groups excluding carboxylic acids is 1. The molecule has 0 N–H and O–H groups in total. The zero-order chi connectivity index (χ0) is 21.5. The molecule has 1 aromatic heterocycles. The Hall–Kier alpha value is -2.50. The summed E-state index contributed by atoms with van der Waals surface area (Å²) in [6.45, 7) is 0.316. The Bertz CT molecular complexity index is 1200. The second kappa shape index (κ2) is 7.97. The summed E-state index contributed by atoms with van der Waals surface area (Å²) in [6.07, 6.45) is 0.340. The SMILES string of the molecule is CN(Cc1nnn(C)n1)C(=O)[C@@H]1C[C@@H](S)CN1S(=O)(=O)c1ccc2ccccc2c1. The van der Waals surface area contributed by atoms with Crippen molar-refractivity contribution in [2.75, 3.05) is 13.6 Å². The molecule has 0 radical (unpaired) electrons. The molecule has 3 aromatic rings. The molecule has 11 heteroatoms. The number of tetrazole rings is 1. The van der Waals surface area contributed by atoms with Crippen LogP contribution in [0.3, 0.4) is 0 Å². The van der Waals surface area contributed by atoms with Crippen LogP contribution in [-0.4, -0.2) is 68.6 Å². The highest BCUT2D eigenvalue weighted by molar-refractivity contribution is 7.89. The van der Waals surface area contributed by atoms with Crippen LogP contribution in [0.15, 0.2) is 47.4 Å². The summed E-state index contributed by atoms with van der Waals surface area (Å²) in [5.41, 5.74) is 0. The molecule has 30 heavy (non-hydrogen) atoms. The Balaban J connectivity index is 1.61. The van der Waals surface area contributed by atoms with Crippen LogP contribution in [0.1, 0.15) is 12.2 Å². The third-order valence-corrected chi connectivity index (χ3v) is 7.40. The first kappa shape index (κ1) is 20.8. The van der Waals surface area contributed by atoms with Gasteiger partial charge in [-0.15, -0.1) is 10.2 Å². The highest BCUT2D eigenvalue weighted by atomic mass is 32.2. The van der Waals surface area contributed by atoms with Crippen LogP contribution in [0.5, 0.6) is 0 Å². The van der Waals surface area contributed by atoms with Gasteiger partial charge in [0.05, 0.1) is 18.5 Å². The molecule has 1 amide bonds. The molecule has 1 aliphatic heterocycles. The first-order chi connectivity index (χ1) is 14.3. The van der Waals surface area contributed by atoms with Gasteiger partial charge in [0.1, 0.15) is 6.04 Å². The fourth-order valence-corrected chi connectivity index (χ4v) is 5.83. The van der Waals surface area contributed by atoms with Gasteiger partial charge in [0.25, 0.3) is 0 Å². The number of amides is 1. The predicted octanol–water partition coefficient (Wildman–Crippen LogP) is 1.08. The molecular formula is C19H22N6O3S2. The topological polar surface area (TPSA) is 101 Å². The number of nitrogens with zero attached hydrogens (tertiary/aromatic N) is 6. The Kier molecular flexibility index (Phi) is 5.51. The van der Waals surface area contributed by atoms with Crippen LogP contribution in [0.4, 0.5) is 0 Å². The highest BCUT2D eigenvalue weighted by Crippen LogP contribution is 2.31. The van der Waals surface area contributed by atoms with Gasteiger partial charge in [0, 0.05) is 18.8 Å². The standard InChI is InChI=1S/C19H22N6O3S2/c1-23(12-18-20-22-24(2)21-18)19(26)17-10-15(29)11-25(17)30(27,28)16-8-7-13-5-3-4-6-14(13)9-16/h3-9,15,17,29H,10-12H2,1-2H3/t15-,17+/m1/s1. The van der Waals surface area contributed by atoms with Crippen LogP contribution in [-0.2, 0) is 28.4 Å². The van der Waals surface area contributed by atoms with Crippen molar-refractivity contribution in [3.63, 3.8) is 0 Å². The van der Waals surface area contributed by atoms with Crippen LogP contribution >= 0.6 is 12.6 Å². The lowest BCUT2D eigenvalue weighted by atomic mass is 10.1. The van der Waals surface area contributed by atoms with Gasteiger partial charge in [0.15, 0.2) is 5.82 Å². The van der Waals surface area contributed by atoms with Crippen molar-refractivity contribution in [2.45, 2.75) is 29.2 Å². The summed E-state index contributed by atoms with van der Waals surface area (Å²) in [5.74, 6) is 0.0704. The van der Waals surface area contributed by atoms with Crippen LogP contribution in [0.25, 0.3) is 10.8 Å². The van der Waals surface area contributed by atoms with E-state index >= 15 is 0 Å². The molecule has 0 unspecified atom stereocenters. The van der Waals surface area contributed by atoms with Crippen LogP contribution in [0.2, 0.25) is 0 Å². The molecule has 0 bridgehead atoms. The zero-order valence-corrected chi connectivity index (χ0v) is 18.3. The predicted molar refractivity (Wildman–Crippen MR) is 114 cm³/mol. The molecule has 1 saturated heterocycles. The first-order valence-electron chi connectivity index (χ1n) is 9.42. The van der Waals surface area contributed by atoms with E-state index in [1.54, 1.807) is 32.3 Å². The minimum atomic E-state index is -3.87. The van der Waals surface area contributed by atoms with E-state index in [1.165, 1.54) is 14.0 Å². The van der Waals surface area contributed by atoms with Gasteiger partial charge >= 0.3 is 0 Å². The van der Waals surface area contributed by atoms with E-state index in [0.717, 1.165) is 10.8 Å². The number of sulfonamides is 1. The van der Waals surface area contributed by atoms with Gasteiger partial charge in [-0.2, -0.15) is 21.7 Å². The van der Waals surface area contributed by atoms with Crippen LogP contribution in [0, 0.1) is 0 Å². The van der Waals surface area contributed by atoms with Gasteiger partial charge in [-0.05, 0) is 34.5 Å². The summed E-state index contributed by atoms with van der Waals surface area (Å²) < 4.78 is 28.1. The molecule has 9 nitrogen and oxygen atoms in total. The zero-order valence-electron chi connectivity index (χ0n) is 16.6. The number of benzene rings is 2. The Morgan fingerprint density at radius 3 is 2.67 bits per heavy atom. The number of fused-ring (bicyclic) bond motifs is 1. The van der Waals surface area contributed by atoms with Crippen molar-refractivity contribution in [3.05, 3.63) is 48.3 Å². The van der Waals surface area contributed by atoms with Gasteiger partial charge in [0.2, 0.25) is 15.9 Å². The molecule has 158 valence electrons. The van der Waals surface area contributed by atoms with E-state index in [4.69, 9.17) is 0 Å². The summed E-state index contributed by atoms with van der Waals surface area (Å²) in [6, 6.07) is 11.7. The Morgan fingerprint density at radius 2 is 1.97 bits per heavy atom. The highest BCUT2D eigenvalue weighted by Gasteiger charge is 2.44. The maximum atomic E-state index is 13.4. The number of rotatable bonds is 5. The number of hydrogen-bond acceptors (Lipinski definition) is 7. The monoisotopic (exact) mass is 446 g/mol. The molecule has 4 rings (SSSR count). The van der Waals surface area contributed by atoms with Gasteiger partial charge in [-0.3, -0.25) is 4.79 Å². The summed E-state index contributed by atoms with van der Waals surface area (Å²) in [5, 5.41) is 13.3. The Labute approximate surface area is 180 Å². The van der Waals surface area contributed by atoms with Crippen molar-refractivity contribution in [2.24, 2.45) is 7.05 Å². The smallest absolute Gasteiger partial charge is 0.243 e. The number of carbonyl (C=O) groups is 1. The first-order valence-corrected chi connectivity index (χ1v) is 11.4. The number of aryl methyl sites for hydroxylation is 1. The number of thiol groups is 1. The summed E-state index contributed by atoms with van der Waals surface area (Å²) >= 11 is 4.46. The molecule has 1 fully saturated rings. The van der Waals surface area contributed by atoms with E-state index < -0.39 is 16.1 Å². The molecular weight excluding hydrogens is 424 g/mol. The molecule has 0 spiro atoms. The van der Waals surface area contributed by atoms with E-state index in [0.29, 0.717) is 12.2 Å². The molecule has 1 aliphatic rings. The van der Waals surface area contributed by atoms with E-state index in [2.05, 4.69) is 28.0 Å². The quantitative estimate of drug-likeness (QED) is 0.589. The second-order valence-electron chi connectivity index (χ2n) is 7.38. The van der Waals surface area contributed by atoms with Crippen molar-refractivity contribution < 1.29 is 13.2 Å². The number of aromatic nitrogens is 4. The number of hydrogen-bond donors (Lipinski definition) is 1. The lowest BCUT2D eigenvalue weighted by Crippen LogP contribution is -2.46. The lowest BCUT2D eigenvalue weighted by molar-refractivity contribution is -0.133. The summed E-state index contributed by atoms with van der Waals surface area (Å²) in [4.78, 5) is 16.0. The molecule has 2 atom stereocenters. The van der Waals surface area contributed by atoms with E-state index in [-0.39, 0.29) is 29.1 Å². The Morgan fingerprint density at radius 1 is 1.23 bits per heavy atom. The fraction of sp³-hybridized carbons (Fsp3) is 0.368. The average Bonchev–Trinajstić information content (AvgIpc) is 3.32. The van der Waals surface area contributed by atoms with Crippen molar-refractivity contribution >= 4 is 39.3 Å². The molecule has 0 saturated carbocycles. The van der Waals surface area contributed by atoms with Gasteiger partial charge < -0.3 is 4.90 Å². The van der Waals surface area contributed by atoms with Crippen molar-refractivity contribution in [1.29, 1.82) is 0 Å². The molecule has 2 heterocycles. The van der Waals surface area contributed by atoms with E-state index in [9.17, 15) is 13.2 Å². The fourth-order valence-electron chi connectivity index (χ4n) is 3.67. The second-order valence-corrected chi connectivity index (χ2v) is 10.00. The van der Waals surface area contributed by atoms with Gasteiger partial charge in [-0.25, -0.2) is 8.42 Å². The minimum absolute atomic E-state index is 0.143. The molecule has 0 aliphatic carbocycles. The third kappa shape index (κ3) is 3.92. The maximum absolute atomic E-state index is 13.4. The minimum Gasteiger partial charge on any atom is -0.337 e. The molecule has 2 aromatic carbocycles. The summed E-state index contributed by atoms with van der Waals surface area (Å²) in [7, 11) is -0.630. The number of likely N-dealkylation sites (N-methyl/N-ethyl adjacent to an activating group) is 1. The van der Waals surface area contributed by atoms with Crippen molar-refractivity contribution in [1.82, 2.24) is 29.4 Å². The van der Waals surface area contributed by atoms with Crippen molar-refractivity contribution in [3.8, 4) is 0 Å². The third-order valence-electron chi connectivity index (χ3n) is 5.15. The largest absolute Gasteiger partial charge is 0.337 e. The van der Waals surface area contributed by atoms with E-state index in [1.807, 2.05) is 24.3 Å². The van der Waals surface area contributed by atoms with Crippen LogP contribution < -0.4 is 0 Å². The average molecular weight is 447 g/mol. The lowest BCUT2D eigenvalue weighted by Gasteiger charge is -2.27.